The Morgan fingerprint density at radius 3 is 2.80 bits per heavy atom. The van der Waals surface area contributed by atoms with Crippen molar-refractivity contribution >= 4 is 33.0 Å². The Balaban J connectivity index is 2.04. The molecule has 112 valence electrons. The zero-order chi connectivity index (χ0) is 14.6. The Morgan fingerprint density at radius 2 is 2.10 bits per heavy atom. The summed E-state index contributed by atoms with van der Waals surface area (Å²) >= 11 is 6.11. The van der Waals surface area contributed by atoms with E-state index in [1.165, 1.54) is 0 Å². The van der Waals surface area contributed by atoms with E-state index in [4.69, 9.17) is 11.6 Å². The number of hydrogen-bond donors (Lipinski definition) is 3. The van der Waals surface area contributed by atoms with Crippen molar-refractivity contribution in [2.45, 2.75) is 25.3 Å². The fourth-order valence-corrected chi connectivity index (χ4v) is 3.15. The molecule has 2 rings (SSSR count). The maximum Gasteiger partial charge on any atom is 0.229 e. The van der Waals surface area contributed by atoms with Crippen LogP contribution in [0.3, 0.4) is 0 Å². The average molecular weight is 318 g/mol. The number of sulfonamides is 1. The van der Waals surface area contributed by atoms with Gasteiger partial charge in [0.2, 0.25) is 10.0 Å². The molecule has 1 heterocycles. The van der Waals surface area contributed by atoms with Crippen molar-refractivity contribution in [2.24, 2.45) is 0 Å². The highest BCUT2D eigenvalue weighted by atomic mass is 35.5. The summed E-state index contributed by atoms with van der Waals surface area (Å²) in [5.74, 6) is 0. The van der Waals surface area contributed by atoms with Crippen LogP contribution in [0.4, 0.5) is 11.4 Å². The van der Waals surface area contributed by atoms with Gasteiger partial charge in [0, 0.05) is 11.7 Å². The van der Waals surface area contributed by atoms with E-state index in [0.29, 0.717) is 16.8 Å². The molecule has 1 fully saturated rings. The monoisotopic (exact) mass is 317 g/mol. The van der Waals surface area contributed by atoms with Crippen molar-refractivity contribution < 1.29 is 8.42 Å². The fourth-order valence-electron chi connectivity index (χ4n) is 2.29. The third kappa shape index (κ3) is 4.85. The molecule has 1 aliphatic rings. The highest BCUT2D eigenvalue weighted by Crippen LogP contribution is 2.27. The molecule has 0 amide bonds. The summed E-state index contributed by atoms with van der Waals surface area (Å²) in [6.45, 7) is 2.08. The fraction of sp³-hybridized carbons (Fsp3) is 0.538. The van der Waals surface area contributed by atoms with Crippen LogP contribution in [-0.4, -0.2) is 33.8 Å². The number of nitrogens with one attached hydrogen (secondary N) is 3. The van der Waals surface area contributed by atoms with Crippen LogP contribution in [0.5, 0.6) is 0 Å². The molecule has 1 aromatic carbocycles. The molecule has 0 aromatic heterocycles. The van der Waals surface area contributed by atoms with Gasteiger partial charge in [0.15, 0.2) is 0 Å². The van der Waals surface area contributed by atoms with Crippen molar-refractivity contribution in [3.63, 3.8) is 0 Å². The number of hydrogen-bond acceptors (Lipinski definition) is 4. The summed E-state index contributed by atoms with van der Waals surface area (Å²) in [5, 5.41) is 7.21. The molecule has 1 saturated heterocycles. The first-order valence-corrected chi connectivity index (χ1v) is 8.95. The van der Waals surface area contributed by atoms with Crippen LogP contribution in [0.25, 0.3) is 0 Å². The minimum absolute atomic E-state index is 0.396. The van der Waals surface area contributed by atoms with Crippen LogP contribution in [0.2, 0.25) is 5.02 Å². The Hall–Kier alpha value is -0.980. The first-order chi connectivity index (χ1) is 9.44. The van der Waals surface area contributed by atoms with E-state index in [9.17, 15) is 8.42 Å². The molecule has 7 heteroatoms. The van der Waals surface area contributed by atoms with E-state index >= 15 is 0 Å². The van der Waals surface area contributed by atoms with E-state index in [2.05, 4.69) is 15.4 Å². The van der Waals surface area contributed by atoms with Gasteiger partial charge in [-0.1, -0.05) is 11.6 Å². The van der Waals surface area contributed by atoms with Gasteiger partial charge in [0.05, 0.1) is 17.0 Å². The molecule has 0 bridgehead atoms. The third-order valence-corrected chi connectivity index (χ3v) is 4.11. The zero-order valence-electron chi connectivity index (χ0n) is 11.4. The van der Waals surface area contributed by atoms with Gasteiger partial charge in [0.25, 0.3) is 0 Å². The smallest absolute Gasteiger partial charge is 0.229 e. The van der Waals surface area contributed by atoms with Crippen LogP contribution in [0.15, 0.2) is 18.2 Å². The van der Waals surface area contributed by atoms with Gasteiger partial charge in [-0.15, -0.1) is 0 Å². The number of anilines is 2. The van der Waals surface area contributed by atoms with Gasteiger partial charge < -0.3 is 10.6 Å². The van der Waals surface area contributed by atoms with Crippen molar-refractivity contribution in [3.8, 4) is 0 Å². The summed E-state index contributed by atoms with van der Waals surface area (Å²) in [6.07, 6.45) is 4.45. The molecule has 0 aliphatic carbocycles. The van der Waals surface area contributed by atoms with Crippen LogP contribution in [0, 0.1) is 0 Å². The SMILES string of the molecule is CS(=O)(=O)Nc1ccc(NC2CCCNCC2)cc1Cl. The van der Waals surface area contributed by atoms with E-state index in [0.717, 1.165) is 44.3 Å². The molecule has 0 radical (unpaired) electrons. The lowest BCUT2D eigenvalue weighted by Crippen LogP contribution is -2.21. The van der Waals surface area contributed by atoms with Crippen LogP contribution < -0.4 is 15.4 Å². The predicted octanol–water partition coefficient (Wildman–Crippen LogP) is 2.27. The van der Waals surface area contributed by atoms with E-state index in [-0.39, 0.29) is 0 Å². The van der Waals surface area contributed by atoms with Gasteiger partial charge >= 0.3 is 0 Å². The molecule has 1 aliphatic heterocycles. The van der Waals surface area contributed by atoms with Crippen LogP contribution >= 0.6 is 11.6 Å². The average Bonchev–Trinajstić information content (AvgIpc) is 2.60. The van der Waals surface area contributed by atoms with E-state index in [1.807, 2.05) is 6.07 Å². The molecule has 1 aromatic rings. The Kier molecular flexibility index (Phi) is 5.12. The molecule has 1 atom stereocenters. The molecule has 0 saturated carbocycles. The predicted molar refractivity (Wildman–Crippen MR) is 84.0 cm³/mol. The van der Waals surface area contributed by atoms with Crippen molar-refractivity contribution in [2.75, 3.05) is 29.4 Å². The Morgan fingerprint density at radius 1 is 1.30 bits per heavy atom. The van der Waals surface area contributed by atoms with Crippen LogP contribution in [0.1, 0.15) is 19.3 Å². The summed E-state index contributed by atoms with van der Waals surface area (Å²) in [6, 6.07) is 5.71. The number of benzene rings is 1. The Labute approximate surface area is 125 Å². The standard InChI is InChI=1S/C13H20ClN3O2S/c1-20(18,19)17-13-5-4-11(9-12(13)14)16-10-3-2-7-15-8-6-10/h4-5,9-10,15-17H,2-3,6-8H2,1H3. The highest BCUT2D eigenvalue weighted by Gasteiger charge is 2.12. The normalized spacial score (nSPS) is 20.2. The molecule has 20 heavy (non-hydrogen) atoms. The summed E-state index contributed by atoms with van der Waals surface area (Å²) in [7, 11) is -3.31. The second-order valence-electron chi connectivity index (χ2n) is 5.09. The second kappa shape index (κ2) is 6.65. The van der Waals surface area contributed by atoms with Crippen molar-refractivity contribution in [3.05, 3.63) is 23.2 Å². The molecule has 5 nitrogen and oxygen atoms in total. The van der Waals surface area contributed by atoms with Gasteiger partial charge in [-0.05, 0) is 50.6 Å². The molecule has 1 unspecified atom stereocenters. The van der Waals surface area contributed by atoms with Crippen LogP contribution in [-0.2, 0) is 10.0 Å². The van der Waals surface area contributed by atoms with Crippen molar-refractivity contribution in [1.82, 2.24) is 5.32 Å². The molecule has 3 N–H and O–H groups in total. The summed E-state index contributed by atoms with van der Waals surface area (Å²) in [5.41, 5.74) is 1.32. The molecular formula is C13H20ClN3O2S. The Bertz CT molecular complexity index is 555. The first-order valence-electron chi connectivity index (χ1n) is 6.69. The lowest BCUT2D eigenvalue weighted by Gasteiger charge is -2.18. The lowest BCUT2D eigenvalue weighted by atomic mass is 10.1. The van der Waals surface area contributed by atoms with Gasteiger partial charge in [-0.2, -0.15) is 0 Å². The van der Waals surface area contributed by atoms with E-state index < -0.39 is 10.0 Å². The minimum Gasteiger partial charge on any atom is -0.382 e. The number of halogens is 1. The maximum absolute atomic E-state index is 11.2. The number of rotatable bonds is 4. The third-order valence-electron chi connectivity index (χ3n) is 3.21. The first kappa shape index (κ1) is 15.4. The largest absolute Gasteiger partial charge is 0.382 e. The zero-order valence-corrected chi connectivity index (χ0v) is 13.0. The van der Waals surface area contributed by atoms with Gasteiger partial charge in [-0.3, -0.25) is 4.72 Å². The van der Waals surface area contributed by atoms with E-state index in [1.54, 1.807) is 12.1 Å². The summed E-state index contributed by atoms with van der Waals surface area (Å²) in [4.78, 5) is 0. The van der Waals surface area contributed by atoms with Gasteiger partial charge in [-0.25, -0.2) is 8.42 Å². The second-order valence-corrected chi connectivity index (χ2v) is 7.25. The maximum atomic E-state index is 11.2. The molecular weight excluding hydrogens is 298 g/mol. The lowest BCUT2D eigenvalue weighted by molar-refractivity contribution is 0.607. The quantitative estimate of drug-likeness (QED) is 0.796. The topological polar surface area (TPSA) is 70.2 Å². The summed E-state index contributed by atoms with van der Waals surface area (Å²) < 4.78 is 24.8. The molecule has 0 spiro atoms. The minimum atomic E-state index is -3.31. The van der Waals surface area contributed by atoms with Crippen molar-refractivity contribution in [1.29, 1.82) is 0 Å². The van der Waals surface area contributed by atoms with Gasteiger partial charge in [0.1, 0.15) is 0 Å². The highest BCUT2D eigenvalue weighted by molar-refractivity contribution is 7.92.